The maximum atomic E-state index is 10.9. The summed E-state index contributed by atoms with van der Waals surface area (Å²) >= 11 is 0. The van der Waals surface area contributed by atoms with Crippen molar-refractivity contribution in [3.63, 3.8) is 0 Å². The Hall–Kier alpha value is -2.21. The van der Waals surface area contributed by atoms with Gasteiger partial charge in [0.25, 0.3) is 0 Å². The van der Waals surface area contributed by atoms with Crippen molar-refractivity contribution in [3.05, 3.63) is 29.8 Å². The van der Waals surface area contributed by atoms with Crippen LogP contribution >= 0.6 is 0 Å². The van der Waals surface area contributed by atoms with Crippen LogP contribution in [0.3, 0.4) is 0 Å². The summed E-state index contributed by atoms with van der Waals surface area (Å²) in [6, 6.07) is 6.67. The number of carbonyl (C=O) groups is 1. The fourth-order valence-corrected chi connectivity index (χ4v) is 1.07. The van der Waals surface area contributed by atoms with Crippen LogP contribution in [-0.4, -0.2) is 37.2 Å². The molecule has 6 nitrogen and oxygen atoms in total. The molecular weight excluding hydrogens is 230 g/mol. The molecular formula is C12H17N5O. The summed E-state index contributed by atoms with van der Waals surface area (Å²) in [5, 5.41) is 1.87. The molecule has 0 aliphatic rings. The molecule has 3 N–H and O–H groups in total. The van der Waals surface area contributed by atoms with Gasteiger partial charge >= 0.3 is 0 Å². The molecule has 0 aromatic heterocycles. The van der Waals surface area contributed by atoms with Crippen LogP contribution in [0.1, 0.15) is 17.3 Å². The molecule has 0 saturated heterocycles. The summed E-state index contributed by atoms with van der Waals surface area (Å²) in [5.41, 5.74) is 9.23. The minimum atomic E-state index is -0.449. The highest BCUT2D eigenvalue weighted by Gasteiger charge is 1.97. The molecule has 0 bridgehead atoms. The van der Waals surface area contributed by atoms with Gasteiger partial charge in [0.1, 0.15) is 12.7 Å². The zero-order valence-corrected chi connectivity index (χ0v) is 10.5. The van der Waals surface area contributed by atoms with Crippen molar-refractivity contribution in [2.24, 2.45) is 15.7 Å². The number of primary amides is 1. The van der Waals surface area contributed by atoms with Gasteiger partial charge in [-0.25, -0.2) is 15.0 Å². The number of hydrogen-bond acceptors (Lipinski definition) is 3. The normalized spacial score (nSPS) is 11.5. The Morgan fingerprint density at radius 3 is 2.67 bits per heavy atom. The number of amides is 1. The largest absolute Gasteiger partial charge is 0.366 e. The van der Waals surface area contributed by atoms with Crippen molar-refractivity contribution in [2.45, 2.75) is 6.92 Å². The van der Waals surface area contributed by atoms with Crippen LogP contribution in [0.25, 0.3) is 0 Å². The fourth-order valence-electron chi connectivity index (χ4n) is 1.07. The van der Waals surface area contributed by atoms with Crippen molar-refractivity contribution in [2.75, 3.05) is 13.6 Å². The molecule has 1 amide bonds. The minimum Gasteiger partial charge on any atom is -0.366 e. The Labute approximate surface area is 106 Å². The number of rotatable bonds is 6. The van der Waals surface area contributed by atoms with Crippen molar-refractivity contribution in [1.82, 2.24) is 10.4 Å². The van der Waals surface area contributed by atoms with Crippen LogP contribution < -0.4 is 11.2 Å². The first-order chi connectivity index (χ1) is 8.63. The number of nitrogens with two attached hydrogens (primary N) is 1. The Balaban J connectivity index is 2.49. The lowest BCUT2D eigenvalue weighted by atomic mass is 10.2. The van der Waals surface area contributed by atoms with Gasteiger partial charge in [0.15, 0.2) is 0 Å². The third kappa shape index (κ3) is 4.75. The summed E-state index contributed by atoms with van der Waals surface area (Å²) in [7, 11) is 1.91. The second-order valence-electron chi connectivity index (χ2n) is 3.58. The Bertz CT molecular complexity index is 438. The maximum absolute atomic E-state index is 10.9. The monoisotopic (exact) mass is 247 g/mol. The topological polar surface area (TPSA) is 83.1 Å². The predicted octanol–water partition coefficient (Wildman–Crippen LogP) is 0.930. The lowest BCUT2D eigenvalue weighted by Crippen LogP contribution is -2.32. The number of carbonyl (C=O) groups excluding carboxylic acids is 1. The first kappa shape index (κ1) is 13.9. The summed E-state index contributed by atoms with van der Waals surface area (Å²) < 4.78 is 0. The summed E-state index contributed by atoms with van der Waals surface area (Å²) in [6.07, 6.45) is 2.97. The van der Waals surface area contributed by atoms with Gasteiger partial charge in [0, 0.05) is 19.2 Å². The lowest BCUT2D eigenvalue weighted by molar-refractivity contribution is 0.100. The maximum Gasteiger partial charge on any atom is 0.248 e. The lowest BCUT2D eigenvalue weighted by Gasteiger charge is -2.11. The van der Waals surface area contributed by atoms with Crippen LogP contribution in [0.15, 0.2) is 34.3 Å². The van der Waals surface area contributed by atoms with E-state index >= 15 is 0 Å². The third-order valence-electron chi connectivity index (χ3n) is 2.25. The Morgan fingerprint density at radius 2 is 2.11 bits per heavy atom. The van der Waals surface area contributed by atoms with E-state index in [4.69, 9.17) is 5.73 Å². The predicted molar refractivity (Wildman–Crippen MR) is 73.0 cm³/mol. The van der Waals surface area contributed by atoms with E-state index in [1.807, 2.05) is 19.0 Å². The molecule has 0 saturated carbocycles. The average molecular weight is 247 g/mol. The highest BCUT2D eigenvalue weighted by atomic mass is 16.1. The van der Waals surface area contributed by atoms with Gasteiger partial charge in [-0.05, 0) is 24.3 Å². The van der Waals surface area contributed by atoms with E-state index in [1.54, 1.807) is 30.6 Å². The zero-order valence-electron chi connectivity index (χ0n) is 10.5. The third-order valence-corrected chi connectivity index (χ3v) is 2.25. The summed E-state index contributed by atoms with van der Waals surface area (Å²) in [6.45, 7) is 2.90. The van der Waals surface area contributed by atoms with Crippen molar-refractivity contribution in [1.29, 1.82) is 0 Å². The number of aliphatic imine (C=N–C) groups is 2. The van der Waals surface area contributed by atoms with E-state index in [0.717, 1.165) is 6.54 Å². The van der Waals surface area contributed by atoms with Gasteiger partial charge in [-0.15, -0.1) is 0 Å². The first-order valence-corrected chi connectivity index (χ1v) is 5.55. The molecule has 0 atom stereocenters. The molecule has 0 aliphatic heterocycles. The molecule has 0 heterocycles. The van der Waals surface area contributed by atoms with E-state index in [-0.39, 0.29) is 0 Å². The first-order valence-electron chi connectivity index (χ1n) is 5.55. The van der Waals surface area contributed by atoms with Crippen LogP contribution in [0, 0.1) is 0 Å². The molecule has 0 radical (unpaired) electrons. The molecule has 96 valence electrons. The van der Waals surface area contributed by atoms with E-state index in [9.17, 15) is 4.79 Å². The van der Waals surface area contributed by atoms with Gasteiger partial charge in [-0.2, -0.15) is 0 Å². The van der Waals surface area contributed by atoms with Crippen molar-refractivity contribution < 1.29 is 4.79 Å². The highest BCUT2D eigenvalue weighted by molar-refractivity contribution is 5.93. The number of hydrogen-bond donors (Lipinski definition) is 2. The van der Waals surface area contributed by atoms with Crippen molar-refractivity contribution in [3.8, 4) is 0 Å². The molecule has 0 fully saturated rings. The van der Waals surface area contributed by atoms with Crippen LogP contribution in [-0.2, 0) is 0 Å². The van der Waals surface area contributed by atoms with Gasteiger partial charge in [0.2, 0.25) is 5.91 Å². The van der Waals surface area contributed by atoms with Crippen LogP contribution in [0.5, 0.6) is 0 Å². The Kier molecular flexibility index (Phi) is 5.53. The van der Waals surface area contributed by atoms with Crippen LogP contribution in [0.4, 0.5) is 5.69 Å². The van der Waals surface area contributed by atoms with Crippen LogP contribution in [0.2, 0.25) is 0 Å². The number of nitrogens with one attached hydrogen (secondary N) is 1. The molecule has 1 aromatic carbocycles. The Morgan fingerprint density at radius 1 is 1.44 bits per heavy atom. The summed E-state index contributed by atoms with van der Waals surface area (Å²) in [4.78, 5) is 18.9. The number of hydrazine groups is 1. The zero-order chi connectivity index (χ0) is 13.4. The molecule has 18 heavy (non-hydrogen) atoms. The summed E-state index contributed by atoms with van der Waals surface area (Å²) in [5.74, 6) is -0.449. The van der Waals surface area contributed by atoms with Gasteiger partial charge < -0.3 is 11.2 Å². The molecule has 6 heteroatoms. The van der Waals surface area contributed by atoms with E-state index < -0.39 is 5.91 Å². The number of nitrogens with zero attached hydrogens (tertiary/aromatic N) is 3. The second kappa shape index (κ2) is 7.18. The quantitative estimate of drug-likeness (QED) is 0.445. The average Bonchev–Trinajstić information content (AvgIpc) is 2.38. The van der Waals surface area contributed by atoms with E-state index in [0.29, 0.717) is 11.3 Å². The second-order valence-corrected chi connectivity index (χ2v) is 3.58. The molecule has 0 spiro atoms. The molecule has 1 rings (SSSR count). The molecule has 0 aliphatic carbocycles. The smallest absolute Gasteiger partial charge is 0.248 e. The van der Waals surface area contributed by atoms with Gasteiger partial charge in [-0.1, -0.05) is 6.92 Å². The molecule has 0 unspecified atom stereocenters. The van der Waals surface area contributed by atoms with E-state index in [1.165, 1.54) is 6.34 Å². The fraction of sp³-hybridized carbons (Fsp3) is 0.250. The molecule has 1 aromatic rings. The number of benzene rings is 1. The highest BCUT2D eigenvalue weighted by Crippen LogP contribution is 2.11. The SMILES string of the molecule is CCN(C)NC=NC=Nc1ccc(C(N)=O)cc1. The van der Waals surface area contributed by atoms with E-state index in [2.05, 4.69) is 15.4 Å². The van der Waals surface area contributed by atoms with Gasteiger partial charge in [-0.3, -0.25) is 4.79 Å². The van der Waals surface area contributed by atoms with Crippen molar-refractivity contribution >= 4 is 24.3 Å². The van der Waals surface area contributed by atoms with Gasteiger partial charge in [0.05, 0.1) is 5.69 Å². The standard InChI is InChI=1S/C12H17N5O/c1-3-17(2)16-9-14-8-15-11-6-4-10(5-7-11)12(13)18/h4-9H,3H2,1-2H3,(H2,13,18)(H,14,15,16). The minimum absolute atomic E-state index is 0.449.